The van der Waals surface area contributed by atoms with E-state index in [4.69, 9.17) is 11.6 Å². The van der Waals surface area contributed by atoms with Crippen molar-refractivity contribution >= 4 is 33.4 Å². The highest BCUT2D eigenvalue weighted by Crippen LogP contribution is 2.23. The number of rotatable bonds is 3. The van der Waals surface area contributed by atoms with Crippen LogP contribution in [0, 0.1) is 0 Å². The Balaban J connectivity index is 2.73. The van der Waals surface area contributed by atoms with Crippen molar-refractivity contribution in [3.05, 3.63) is 33.3 Å². The smallest absolute Gasteiger partial charge is 0.226 e. The first kappa shape index (κ1) is 12.5. The van der Waals surface area contributed by atoms with Crippen molar-refractivity contribution in [1.82, 2.24) is 4.90 Å². The van der Waals surface area contributed by atoms with Crippen LogP contribution in [0.1, 0.15) is 12.5 Å². The molecule has 0 N–H and O–H groups in total. The molecule has 82 valence electrons. The van der Waals surface area contributed by atoms with Crippen molar-refractivity contribution in [2.24, 2.45) is 0 Å². The SMILES string of the molecule is CCN(C)C(=O)Cc1ccc(Br)c(Cl)c1. The van der Waals surface area contributed by atoms with Gasteiger partial charge in [0, 0.05) is 18.1 Å². The average Bonchev–Trinajstić information content (AvgIpc) is 2.22. The summed E-state index contributed by atoms with van der Waals surface area (Å²) in [5.74, 6) is 0.107. The maximum absolute atomic E-state index is 11.6. The molecule has 0 heterocycles. The number of likely N-dealkylation sites (N-methyl/N-ethyl adjacent to an activating group) is 1. The molecule has 1 aromatic rings. The van der Waals surface area contributed by atoms with Crippen molar-refractivity contribution in [1.29, 1.82) is 0 Å². The summed E-state index contributed by atoms with van der Waals surface area (Å²) < 4.78 is 0.851. The predicted octanol–water partition coefficient (Wildman–Crippen LogP) is 3.12. The van der Waals surface area contributed by atoms with Crippen molar-refractivity contribution < 1.29 is 4.79 Å². The molecule has 4 heteroatoms. The molecule has 0 fully saturated rings. The fraction of sp³-hybridized carbons (Fsp3) is 0.364. The molecule has 1 rings (SSSR count). The van der Waals surface area contributed by atoms with E-state index < -0.39 is 0 Å². The minimum atomic E-state index is 0.107. The van der Waals surface area contributed by atoms with Crippen LogP contribution in [0.4, 0.5) is 0 Å². The molecule has 0 aliphatic heterocycles. The quantitative estimate of drug-likeness (QED) is 0.837. The van der Waals surface area contributed by atoms with Crippen molar-refractivity contribution in [2.75, 3.05) is 13.6 Å². The lowest BCUT2D eigenvalue weighted by molar-refractivity contribution is -0.128. The molecule has 2 nitrogen and oxygen atoms in total. The van der Waals surface area contributed by atoms with Crippen LogP contribution in [0.3, 0.4) is 0 Å². The lowest BCUT2D eigenvalue weighted by Gasteiger charge is -2.14. The number of benzene rings is 1. The molecule has 0 aliphatic rings. The van der Waals surface area contributed by atoms with Gasteiger partial charge in [-0.3, -0.25) is 4.79 Å². The molecule has 0 atom stereocenters. The van der Waals surface area contributed by atoms with Gasteiger partial charge in [0.05, 0.1) is 11.4 Å². The van der Waals surface area contributed by atoms with Crippen LogP contribution in [-0.2, 0) is 11.2 Å². The summed E-state index contributed by atoms with van der Waals surface area (Å²) in [4.78, 5) is 13.3. The Morgan fingerprint density at radius 1 is 1.53 bits per heavy atom. The van der Waals surface area contributed by atoms with E-state index in [1.54, 1.807) is 11.9 Å². The van der Waals surface area contributed by atoms with E-state index in [1.807, 2.05) is 25.1 Å². The zero-order valence-corrected chi connectivity index (χ0v) is 11.1. The van der Waals surface area contributed by atoms with Crippen LogP contribution in [-0.4, -0.2) is 24.4 Å². The van der Waals surface area contributed by atoms with Crippen molar-refractivity contribution in [2.45, 2.75) is 13.3 Å². The van der Waals surface area contributed by atoms with Crippen LogP contribution in [0.2, 0.25) is 5.02 Å². The number of nitrogens with zero attached hydrogens (tertiary/aromatic N) is 1. The summed E-state index contributed by atoms with van der Waals surface area (Å²) in [5, 5.41) is 0.638. The summed E-state index contributed by atoms with van der Waals surface area (Å²) in [5.41, 5.74) is 0.938. The second kappa shape index (κ2) is 5.52. The van der Waals surface area contributed by atoms with Gasteiger partial charge in [-0.2, -0.15) is 0 Å². The van der Waals surface area contributed by atoms with Crippen LogP contribution in [0.15, 0.2) is 22.7 Å². The number of carbonyl (C=O) groups excluding carboxylic acids is 1. The molecule has 15 heavy (non-hydrogen) atoms. The minimum absolute atomic E-state index is 0.107. The first-order chi connectivity index (χ1) is 7.04. The summed E-state index contributed by atoms with van der Waals surface area (Å²) in [7, 11) is 1.79. The lowest BCUT2D eigenvalue weighted by atomic mass is 10.1. The molecule has 0 spiro atoms. The van der Waals surface area contributed by atoms with Gasteiger partial charge in [0.25, 0.3) is 0 Å². The third-order valence-corrected chi connectivity index (χ3v) is 3.47. The Morgan fingerprint density at radius 3 is 2.73 bits per heavy atom. The molecule has 0 aromatic heterocycles. The summed E-state index contributed by atoms with van der Waals surface area (Å²) in [6.45, 7) is 2.68. The monoisotopic (exact) mass is 289 g/mol. The third-order valence-electron chi connectivity index (χ3n) is 2.24. The van der Waals surface area contributed by atoms with E-state index in [0.29, 0.717) is 11.4 Å². The molecule has 1 aromatic carbocycles. The number of hydrogen-bond acceptors (Lipinski definition) is 1. The molecular formula is C11H13BrClNO. The molecule has 0 saturated heterocycles. The standard InChI is InChI=1S/C11H13BrClNO/c1-3-14(2)11(15)7-8-4-5-9(12)10(13)6-8/h4-6H,3,7H2,1-2H3. The maximum atomic E-state index is 11.6. The highest BCUT2D eigenvalue weighted by molar-refractivity contribution is 9.10. The highest BCUT2D eigenvalue weighted by atomic mass is 79.9. The molecule has 0 unspecified atom stereocenters. The van der Waals surface area contributed by atoms with E-state index in [9.17, 15) is 4.79 Å². The molecule has 0 saturated carbocycles. The van der Waals surface area contributed by atoms with Gasteiger partial charge in [0.2, 0.25) is 5.91 Å². The predicted molar refractivity (Wildman–Crippen MR) is 66.2 cm³/mol. The topological polar surface area (TPSA) is 20.3 Å². The van der Waals surface area contributed by atoms with Crippen LogP contribution < -0.4 is 0 Å². The molecule has 1 amide bonds. The Kier molecular flexibility index (Phi) is 4.61. The largest absolute Gasteiger partial charge is 0.346 e. The van der Waals surface area contributed by atoms with Gasteiger partial charge in [-0.1, -0.05) is 17.7 Å². The van der Waals surface area contributed by atoms with E-state index in [0.717, 1.165) is 16.6 Å². The van der Waals surface area contributed by atoms with Gasteiger partial charge in [-0.15, -0.1) is 0 Å². The fourth-order valence-electron chi connectivity index (χ4n) is 1.14. The first-order valence-corrected chi connectivity index (χ1v) is 5.89. The second-order valence-electron chi connectivity index (χ2n) is 3.33. The van der Waals surface area contributed by atoms with Crippen LogP contribution >= 0.6 is 27.5 Å². The maximum Gasteiger partial charge on any atom is 0.226 e. The number of amides is 1. The van der Waals surface area contributed by atoms with Gasteiger partial charge in [0.15, 0.2) is 0 Å². The van der Waals surface area contributed by atoms with Gasteiger partial charge < -0.3 is 4.90 Å². The van der Waals surface area contributed by atoms with Gasteiger partial charge in [0.1, 0.15) is 0 Å². The van der Waals surface area contributed by atoms with Crippen molar-refractivity contribution in [3.63, 3.8) is 0 Å². The zero-order chi connectivity index (χ0) is 11.4. The summed E-state index contributed by atoms with van der Waals surface area (Å²) in [6, 6.07) is 5.57. The van der Waals surface area contributed by atoms with Gasteiger partial charge in [-0.05, 0) is 40.5 Å². The van der Waals surface area contributed by atoms with Gasteiger partial charge in [-0.25, -0.2) is 0 Å². The Bertz CT molecular complexity index is 368. The number of halogens is 2. The van der Waals surface area contributed by atoms with E-state index in [-0.39, 0.29) is 5.91 Å². The van der Waals surface area contributed by atoms with E-state index >= 15 is 0 Å². The normalized spacial score (nSPS) is 10.1. The van der Waals surface area contributed by atoms with E-state index in [2.05, 4.69) is 15.9 Å². The first-order valence-electron chi connectivity index (χ1n) is 4.72. The second-order valence-corrected chi connectivity index (χ2v) is 4.59. The molecular weight excluding hydrogens is 277 g/mol. The lowest BCUT2D eigenvalue weighted by Crippen LogP contribution is -2.27. The summed E-state index contributed by atoms with van der Waals surface area (Å²) >= 11 is 9.25. The molecule has 0 aliphatic carbocycles. The Labute approximate surface area is 103 Å². The minimum Gasteiger partial charge on any atom is -0.346 e. The van der Waals surface area contributed by atoms with Crippen molar-refractivity contribution in [3.8, 4) is 0 Å². The fourth-order valence-corrected chi connectivity index (χ4v) is 1.59. The zero-order valence-electron chi connectivity index (χ0n) is 8.76. The molecule has 0 bridgehead atoms. The van der Waals surface area contributed by atoms with Crippen LogP contribution in [0.5, 0.6) is 0 Å². The van der Waals surface area contributed by atoms with Gasteiger partial charge >= 0.3 is 0 Å². The number of carbonyl (C=O) groups is 1. The molecule has 0 radical (unpaired) electrons. The Morgan fingerprint density at radius 2 is 2.20 bits per heavy atom. The third kappa shape index (κ3) is 3.50. The summed E-state index contributed by atoms with van der Waals surface area (Å²) in [6.07, 6.45) is 0.400. The average molecular weight is 291 g/mol. The Hall–Kier alpha value is -0.540. The number of hydrogen-bond donors (Lipinski definition) is 0. The van der Waals surface area contributed by atoms with E-state index in [1.165, 1.54) is 0 Å². The highest BCUT2D eigenvalue weighted by Gasteiger charge is 2.08. The van der Waals surface area contributed by atoms with Crippen LogP contribution in [0.25, 0.3) is 0 Å².